The first-order chi connectivity index (χ1) is 8.24. The molecule has 0 saturated carbocycles. The lowest BCUT2D eigenvalue weighted by Crippen LogP contribution is -2.04. The fraction of sp³-hybridized carbons (Fsp3) is 0.333. The Morgan fingerprint density at radius 2 is 2.41 bits per heavy atom. The summed E-state index contributed by atoms with van der Waals surface area (Å²) >= 11 is 1.29. The standard InChI is InChI=1S/C9H11N5O2S/c1-10-9-12-7-5(3-11-14-7)8(13-9)17-4-6(15)16-2/h3H,4H2,1-2H3,(H2,10,11,12,13,14). The number of hydrogen-bond acceptors (Lipinski definition) is 7. The summed E-state index contributed by atoms with van der Waals surface area (Å²) in [5, 5.41) is 11.0. The third-order valence-electron chi connectivity index (χ3n) is 2.05. The lowest BCUT2D eigenvalue weighted by molar-refractivity contribution is -0.137. The predicted octanol–water partition coefficient (Wildman–Crippen LogP) is 0.660. The highest BCUT2D eigenvalue weighted by Crippen LogP contribution is 2.25. The van der Waals surface area contributed by atoms with Gasteiger partial charge >= 0.3 is 5.97 Å². The number of nitrogens with one attached hydrogen (secondary N) is 2. The highest BCUT2D eigenvalue weighted by molar-refractivity contribution is 8.00. The van der Waals surface area contributed by atoms with Crippen LogP contribution in [0.25, 0.3) is 11.0 Å². The molecule has 0 unspecified atom stereocenters. The molecule has 17 heavy (non-hydrogen) atoms. The molecule has 0 saturated heterocycles. The van der Waals surface area contributed by atoms with Crippen molar-refractivity contribution in [2.45, 2.75) is 5.03 Å². The fourth-order valence-electron chi connectivity index (χ4n) is 1.22. The highest BCUT2D eigenvalue weighted by Gasteiger charge is 2.11. The molecule has 0 fully saturated rings. The Kier molecular flexibility index (Phi) is 3.43. The minimum Gasteiger partial charge on any atom is -0.468 e. The van der Waals surface area contributed by atoms with Crippen molar-refractivity contribution < 1.29 is 9.53 Å². The number of fused-ring (bicyclic) bond motifs is 1. The predicted molar refractivity (Wildman–Crippen MR) is 64.0 cm³/mol. The number of hydrogen-bond donors (Lipinski definition) is 2. The van der Waals surface area contributed by atoms with Gasteiger partial charge in [0, 0.05) is 7.05 Å². The summed E-state index contributed by atoms with van der Waals surface area (Å²) in [5.41, 5.74) is 0.636. The fourth-order valence-corrected chi connectivity index (χ4v) is 2.04. The van der Waals surface area contributed by atoms with Gasteiger partial charge in [0.25, 0.3) is 0 Å². The summed E-state index contributed by atoms with van der Waals surface area (Å²) in [6, 6.07) is 0. The molecule has 0 atom stereocenters. The molecule has 2 N–H and O–H groups in total. The van der Waals surface area contributed by atoms with Crippen LogP contribution in [-0.2, 0) is 9.53 Å². The van der Waals surface area contributed by atoms with E-state index >= 15 is 0 Å². The maximum atomic E-state index is 11.1. The van der Waals surface area contributed by atoms with Gasteiger partial charge in [-0.25, -0.2) is 4.98 Å². The van der Waals surface area contributed by atoms with E-state index in [-0.39, 0.29) is 11.7 Å². The molecule has 90 valence electrons. The van der Waals surface area contributed by atoms with Crippen molar-refractivity contribution in [3.05, 3.63) is 6.20 Å². The van der Waals surface area contributed by atoms with Crippen molar-refractivity contribution in [2.24, 2.45) is 0 Å². The average molecular weight is 253 g/mol. The van der Waals surface area contributed by atoms with Gasteiger partial charge in [0.05, 0.1) is 24.4 Å². The zero-order valence-electron chi connectivity index (χ0n) is 9.35. The molecule has 0 radical (unpaired) electrons. The molecule has 0 amide bonds. The summed E-state index contributed by atoms with van der Waals surface area (Å²) in [6.45, 7) is 0. The van der Waals surface area contributed by atoms with Crippen molar-refractivity contribution >= 4 is 34.7 Å². The molecule has 8 heteroatoms. The molecule has 0 aliphatic carbocycles. The van der Waals surface area contributed by atoms with Gasteiger partial charge in [-0.1, -0.05) is 11.8 Å². The summed E-state index contributed by atoms with van der Waals surface area (Å²) in [4.78, 5) is 19.6. The van der Waals surface area contributed by atoms with E-state index in [1.54, 1.807) is 13.2 Å². The molecular formula is C9H11N5O2S. The Morgan fingerprint density at radius 1 is 1.59 bits per heavy atom. The number of thioether (sulfide) groups is 1. The Bertz CT molecular complexity index is 541. The summed E-state index contributed by atoms with van der Waals surface area (Å²) in [6.07, 6.45) is 1.63. The Hall–Kier alpha value is -1.83. The number of rotatable bonds is 4. The molecule has 2 aromatic rings. The number of aromatic amines is 1. The first-order valence-corrected chi connectivity index (χ1v) is 5.81. The number of esters is 1. The molecule has 0 aliphatic rings. The number of carbonyl (C=O) groups is 1. The average Bonchev–Trinajstić information content (AvgIpc) is 2.83. The lowest BCUT2D eigenvalue weighted by Gasteiger charge is -2.03. The molecule has 7 nitrogen and oxygen atoms in total. The van der Waals surface area contributed by atoms with E-state index in [9.17, 15) is 4.79 Å². The van der Waals surface area contributed by atoms with E-state index in [0.29, 0.717) is 16.6 Å². The van der Waals surface area contributed by atoms with Crippen molar-refractivity contribution in [2.75, 3.05) is 25.2 Å². The first-order valence-electron chi connectivity index (χ1n) is 4.83. The maximum Gasteiger partial charge on any atom is 0.316 e. The van der Waals surface area contributed by atoms with E-state index in [1.807, 2.05) is 0 Å². The molecule has 0 aromatic carbocycles. The third kappa shape index (κ3) is 2.47. The minimum absolute atomic E-state index is 0.205. The lowest BCUT2D eigenvalue weighted by atomic mass is 10.4. The van der Waals surface area contributed by atoms with Crippen molar-refractivity contribution in [3.8, 4) is 0 Å². The van der Waals surface area contributed by atoms with Gasteiger partial charge in [-0.3, -0.25) is 9.89 Å². The number of nitrogens with zero attached hydrogens (tertiary/aromatic N) is 3. The van der Waals surface area contributed by atoms with Gasteiger partial charge in [0.2, 0.25) is 5.95 Å². The number of carbonyl (C=O) groups excluding carboxylic acids is 1. The van der Waals surface area contributed by atoms with Gasteiger partial charge in [-0.15, -0.1) is 0 Å². The second-order valence-corrected chi connectivity index (χ2v) is 4.06. The third-order valence-corrected chi connectivity index (χ3v) is 3.02. The van der Waals surface area contributed by atoms with E-state index < -0.39 is 0 Å². The second-order valence-electron chi connectivity index (χ2n) is 3.10. The quantitative estimate of drug-likeness (QED) is 0.469. The maximum absolute atomic E-state index is 11.1. The number of ether oxygens (including phenoxy) is 1. The highest BCUT2D eigenvalue weighted by atomic mass is 32.2. The summed E-state index contributed by atoms with van der Waals surface area (Å²) in [7, 11) is 3.08. The van der Waals surface area contributed by atoms with Gasteiger partial charge in [-0.2, -0.15) is 10.1 Å². The van der Waals surface area contributed by atoms with Crippen LogP contribution in [-0.4, -0.2) is 46.0 Å². The van der Waals surface area contributed by atoms with Crippen molar-refractivity contribution in [1.82, 2.24) is 20.2 Å². The molecule has 2 rings (SSSR count). The zero-order valence-corrected chi connectivity index (χ0v) is 10.2. The molecule has 0 aliphatic heterocycles. The van der Waals surface area contributed by atoms with E-state index in [4.69, 9.17) is 0 Å². The van der Waals surface area contributed by atoms with Crippen LogP contribution in [0, 0.1) is 0 Å². The van der Waals surface area contributed by atoms with Gasteiger partial charge in [0.15, 0.2) is 5.65 Å². The van der Waals surface area contributed by atoms with E-state index in [1.165, 1.54) is 18.9 Å². The first kappa shape index (κ1) is 11.6. The van der Waals surface area contributed by atoms with Crippen LogP contribution in [0.1, 0.15) is 0 Å². The van der Waals surface area contributed by atoms with Crippen LogP contribution in [0.2, 0.25) is 0 Å². The van der Waals surface area contributed by atoms with Gasteiger partial charge in [0.1, 0.15) is 5.03 Å². The van der Waals surface area contributed by atoms with E-state index in [2.05, 4.69) is 30.2 Å². The zero-order chi connectivity index (χ0) is 12.3. The van der Waals surface area contributed by atoms with Crippen molar-refractivity contribution in [3.63, 3.8) is 0 Å². The Labute approximate surface area is 101 Å². The van der Waals surface area contributed by atoms with Gasteiger partial charge in [-0.05, 0) is 0 Å². The molecule has 0 bridgehead atoms. The van der Waals surface area contributed by atoms with Crippen LogP contribution in [0.3, 0.4) is 0 Å². The van der Waals surface area contributed by atoms with Crippen LogP contribution in [0.15, 0.2) is 11.2 Å². The van der Waals surface area contributed by atoms with Crippen LogP contribution >= 0.6 is 11.8 Å². The Morgan fingerprint density at radius 3 is 3.12 bits per heavy atom. The number of aromatic nitrogens is 4. The number of methoxy groups -OCH3 is 1. The second kappa shape index (κ2) is 5.00. The smallest absolute Gasteiger partial charge is 0.316 e. The van der Waals surface area contributed by atoms with Gasteiger partial charge < -0.3 is 10.1 Å². The van der Waals surface area contributed by atoms with Crippen molar-refractivity contribution in [1.29, 1.82) is 0 Å². The monoisotopic (exact) mass is 253 g/mol. The summed E-state index contributed by atoms with van der Waals surface area (Å²) < 4.78 is 4.58. The Balaban J connectivity index is 2.30. The SMILES string of the molecule is CNc1nc(SCC(=O)OC)c2cn[nH]c2n1. The van der Waals surface area contributed by atoms with E-state index in [0.717, 1.165) is 5.39 Å². The summed E-state index contributed by atoms with van der Waals surface area (Å²) in [5.74, 6) is 0.391. The van der Waals surface area contributed by atoms with Crippen LogP contribution < -0.4 is 5.32 Å². The topological polar surface area (TPSA) is 92.8 Å². The van der Waals surface area contributed by atoms with Crippen LogP contribution in [0.4, 0.5) is 5.95 Å². The largest absolute Gasteiger partial charge is 0.468 e. The normalized spacial score (nSPS) is 10.5. The number of anilines is 1. The molecule has 2 heterocycles. The molecular weight excluding hydrogens is 242 g/mol. The minimum atomic E-state index is -0.295. The van der Waals surface area contributed by atoms with Crippen LogP contribution in [0.5, 0.6) is 0 Å². The molecule has 2 aromatic heterocycles. The number of H-pyrrole nitrogens is 1. The molecule has 0 spiro atoms.